The van der Waals surface area contributed by atoms with Gasteiger partial charge in [-0.05, 0) is 36.6 Å². The Morgan fingerprint density at radius 3 is 2.28 bits per heavy atom. The van der Waals surface area contributed by atoms with Gasteiger partial charge in [-0.1, -0.05) is 50.2 Å². The summed E-state index contributed by atoms with van der Waals surface area (Å²) >= 11 is 0. The minimum Gasteiger partial charge on any atom is -0.479 e. The van der Waals surface area contributed by atoms with E-state index < -0.39 is 12.1 Å². The van der Waals surface area contributed by atoms with Crippen molar-refractivity contribution in [3.05, 3.63) is 60.2 Å². The summed E-state index contributed by atoms with van der Waals surface area (Å²) in [5.41, 5.74) is 1.76. The van der Waals surface area contributed by atoms with Crippen LogP contribution in [-0.4, -0.2) is 24.6 Å². The molecule has 2 aromatic rings. The van der Waals surface area contributed by atoms with E-state index >= 15 is 0 Å². The Hall–Kier alpha value is -2.82. The van der Waals surface area contributed by atoms with Crippen LogP contribution in [0.5, 0.6) is 5.75 Å². The van der Waals surface area contributed by atoms with Crippen molar-refractivity contribution in [3.8, 4) is 5.75 Å². The van der Waals surface area contributed by atoms with Gasteiger partial charge in [-0.15, -0.1) is 0 Å². The van der Waals surface area contributed by atoms with Gasteiger partial charge in [0.05, 0.1) is 0 Å². The molecule has 25 heavy (non-hydrogen) atoms. The largest absolute Gasteiger partial charge is 0.479 e. The van der Waals surface area contributed by atoms with Gasteiger partial charge in [0.15, 0.2) is 12.7 Å². The zero-order valence-electron chi connectivity index (χ0n) is 14.7. The molecule has 1 atom stereocenters. The molecular formula is C20H23NO4. The Morgan fingerprint density at radius 1 is 0.960 bits per heavy atom. The number of hydrogen-bond donors (Lipinski definition) is 1. The average molecular weight is 341 g/mol. The van der Waals surface area contributed by atoms with Crippen LogP contribution in [0.15, 0.2) is 54.6 Å². The second kappa shape index (κ2) is 8.87. The average Bonchev–Trinajstić information content (AvgIpc) is 2.60. The normalized spacial score (nSPS) is 11.7. The van der Waals surface area contributed by atoms with Gasteiger partial charge in [0.25, 0.3) is 5.91 Å². The molecule has 1 amide bonds. The number of carbonyl (C=O) groups is 2. The third-order valence-corrected chi connectivity index (χ3v) is 3.59. The predicted molar refractivity (Wildman–Crippen MR) is 96.7 cm³/mol. The van der Waals surface area contributed by atoms with Crippen molar-refractivity contribution in [2.24, 2.45) is 0 Å². The summed E-state index contributed by atoms with van der Waals surface area (Å²) in [6.45, 7) is 5.33. The summed E-state index contributed by atoms with van der Waals surface area (Å²) < 4.78 is 10.5. The molecule has 132 valence electrons. The first-order valence-electron chi connectivity index (χ1n) is 8.24. The number of benzene rings is 2. The molecule has 2 aromatic carbocycles. The van der Waals surface area contributed by atoms with Gasteiger partial charge in [-0.3, -0.25) is 4.79 Å². The molecule has 0 aliphatic rings. The maximum Gasteiger partial charge on any atom is 0.347 e. The van der Waals surface area contributed by atoms with Crippen molar-refractivity contribution in [2.45, 2.75) is 32.8 Å². The zero-order chi connectivity index (χ0) is 18.2. The van der Waals surface area contributed by atoms with E-state index in [2.05, 4.69) is 5.32 Å². The summed E-state index contributed by atoms with van der Waals surface area (Å²) in [4.78, 5) is 24.0. The van der Waals surface area contributed by atoms with Crippen LogP contribution in [0.1, 0.15) is 32.3 Å². The molecule has 1 unspecified atom stereocenters. The standard InChI is InChI=1S/C20H23NO4/c1-14(2)17-11-7-8-12-18(17)21-19(22)13-24-20(23)15(3)25-16-9-5-4-6-10-16/h4-12,14-15H,13H2,1-3H3,(H,21,22). The number of anilines is 1. The molecule has 0 saturated carbocycles. The molecule has 2 rings (SSSR count). The van der Waals surface area contributed by atoms with E-state index in [4.69, 9.17) is 9.47 Å². The molecule has 1 N–H and O–H groups in total. The highest BCUT2D eigenvalue weighted by Crippen LogP contribution is 2.23. The third-order valence-electron chi connectivity index (χ3n) is 3.59. The van der Waals surface area contributed by atoms with Crippen LogP contribution in [0, 0.1) is 0 Å². The van der Waals surface area contributed by atoms with Crippen LogP contribution in [0.25, 0.3) is 0 Å². The van der Waals surface area contributed by atoms with Gasteiger partial charge in [0.2, 0.25) is 0 Å². The van der Waals surface area contributed by atoms with Gasteiger partial charge in [-0.25, -0.2) is 4.79 Å². The van der Waals surface area contributed by atoms with Gasteiger partial charge in [0.1, 0.15) is 5.75 Å². The molecule has 0 heterocycles. The Kier molecular flexibility index (Phi) is 6.57. The molecule has 0 aromatic heterocycles. The number of hydrogen-bond acceptors (Lipinski definition) is 4. The lowest BCUT2D eigenvalue weighted by molar-refractivity contribution is -0.153. The molecule has 0 bridgehead atoms. The predicted octanol–water partition coefficient (Wildman–Crippen LogP) is 3.76. The molecule has 5 heteroatoms. The highest BCUT2D eigenvalue weighted by Gasteiger charge is 2.18. The maximum atomic E-state index is 12.0. The van der Waals surface area contributed by atoms with Crippen molar-refractivity contribution in [1.82, 2.24) is 0 Å². The molecule has 0 fully saturated rings. The number of nitrogens with one attached hydrogen (secondary N) is 1. The number of carbonyl (C=O) groups excluding carboxylic acids is 2. The van der Waals surface area contributed by atoms with Crippen LogP contribution in [0.2, 0.25) is 0 Å². The molecular weight excluding hydrogens is 318 g/mol. The van der Waals surface area contributed by atoms with Crippen LogP contribution in [0.4, 0.5) is 5.69 Å². The van der Waals surface area contributed by atoms with Crippen LogP contribution in [0.3, 0.4) is 0 Å². The summed E-state index contributed by atoms with van der Waals surface area (Å²) in [5.74, 6) is -0.120. The Balaban J connectivity index is 1.84. The van der Waals surface area contributed by atoms with Gasteiger partial charge in [0, 0.05) is 5.69 Å². The van der Waals surface area contributed by atoms with Crippen LogP contribution in [-0.2, 0) is 14.3 Å². The number of amides is 1. The van der Waals surface area contributed by atoms with Crippen LogP contribution >= 0.6 is 0 Å². The van der Waals surface area contributed by atoms with E-state index in [0.29, 0.717) is 5.75 Å². The molecule has 0 spiro atoms. The second-order valence-electron chi connectivity index (χ2n) is 5.97. The first-order chi connectivity index (χ1) is 12.0. The van der Waals surface area contributed by atoms with Crippen molar-refractivity contribution in [2.75, 3.05) is 11.9 Å². The topological polar surface area (TPSA) is 64.6 Å². The Labute approximate surface area is 148 Å². The van der Waals surface area contributed by atoms with Gasteiger partial charge >= 0.3 is 5.97 Å². The first-order valence-corrected chi connectivity index (χ1v) is 8.24. The van der Waals surface area contributed by atoms with Crippen LogP contribution < -0.4 is 10.1 Å². The number of rotatable bonds is 7. The van der Waals surface area contributed by atoms with E-state index in [9.17, 15) is 9.59 Å². The summed E-state index contributed by atoms with van der Waals surface area (Å²) in [6.07, 6.45) is -0.793. The highest BCUT2D eigenvalue weighted by molar-refractivity contribution is 5.93. The van der Waals surface area contributed by atoms with Gasteiger partial charge in [-0.2, -0.15) is 0 Å². The molecule has 0 saturated heterocycles. The van der Waals surface area contributed by atoms with Crippen molar-refractivity contribution in [3.63, 3.8) is 0 Å². The lowest BCUT2D eigenvalue weighted by Gasteiger charge is -2.15. The summed E-state index contributed by atoms with van der Waals surface area (Å²) in [5, 5.41) is 2.78. The number of esters is 1. The summed E-state index contributed by atoms with van der Waals surface area (Å²) in [7, 11) is 0. The minimum atomic E-state index is -0.793. The quantitative estimate of drug-likeness (QED) is 0.779. The molecule has 0 aliphatic heterocycles. The minimum absolute atomic E-state index is 0.276. The third kappa shape index (κ3) is 5.64. The highest BCUT2D eigenvalue weighted by atomic mass is 16.6. The van der Waals surface area contributed by atoms with E-state index in [1.54, 1.807) is 19.1 Å². The molecule has 0 aliphatic carbocycles. The lowest BCUT2D eigenvalue weighted by atomic mass is 10.0. The van der Waals surface area contributed by atoms with E-state index in [-0.39, 0.29) is 18.4 Å². The monoisotopic (exact) mass is 341 g/mol. The first kappa shape index (κ1) is 18.5. The molecule has 0 radical (unpaired) electrons. The van der Waals surface area contributed by atoms with E-state index in [0.717, 1.165) is 11.3 Å². The number of ether oxygens (including phenoxy) is 2. The fourth-order valence-corrected chi connectivity index (χ4v) is 2.31. The SMILES string of the molecule is CC(Oc1ccccc1)C(=O)OCC(=O)Nc1ccccc1C(C)C. The van der Waals surface area contributed by atoms with Crippen molar-refractivity contribution in [1.29, 1.82) is 0 Å². The Morgan fingerprint density at radius 2 is 1.60 bits per heavy atom. The number of para-hydroxylation sites is 2. The van der Waals surface area contributed by atoms with Gasteiger partial charge < -0.3 is 14.8 Å². The fraction of sp³-hybridized carbons (Fsp3) is 0.300. The van der Waals surface area contributed by atoms with Crippen molar-refractivity contribution < 1.29 is 19.1 Å². The second-order valence-corrected chi connectivity index (χ2v) is 5.97. The zero-order valence-corrected chi connectivity index (χ0v) is 14.7. The fourth-order valence-electron chi connectivity index (χ4n) is 2.31. The lowest BCUT2D eigenvalue weighted by Crippen LogP contribution is -2.29. The smallest absolute Gasteiger partial charge is 0.347 e. The van der Waals surface area contributed by atoms with Crippen molar-refractivity contribution >= 4 is 17.6 Å². The Bertz CT molecular complexity index is 713. The van der Waals surface area contributed by atoms with E-state index in [1.165, 1.54) is 0 Å². The molecule has 5 nitrogen and oxygen atoms in total. The van der Waals surface area contributed by atoms with E-state index in [1.807, 2.05) is 56.3 Å². The maximum absolute atomic E-state index is 12.0. The summed E-state index contributed by atoms with van der Waals surface area (Å²) in [6, 6.07) is 16.5.